The van der Waals surface area contributed by atoms with Gasteiger partial charge in [-0.25, -0.2) is 4.98 Å². The Bertz CT molecular complexity index is 631. The predicted octanol–water partition coefficient (Wildman–Crippen LogP) is 2.81. The van der Waals surface area contributed by atoms with Gasteiger partial charge in [-0.05, 0) is 44.3 Å². The van der Waals surface area contributed by atoms with Crippen LogP contribution in [0.5, 0.6) is 0 Å². The molecule has 0 bridgehead atoms. The van der Waals surface area contributed by atoms with Crippen molar-refractivity contribution in [2.45, 2.75) is 25.4 Å². The second-order valence-electron chi connectivity index (χ2n) is 5.98. The molecule has 3 heterocycles. The van der Waals surface area contributed by atoms with E-state index in [1.165, 1.54) is 4.90 Å². The summed E-state index contributed by atoms with van der Waals surface area (Å²) in [5.74, 6) is 1.36. The van der Waals surface area contributed by atoms with Crippen molar-refractivity contribution in [3.63, 3.8) is 0 Å². The average Bonchev–Trinajstić information content (AvgIpc) is 2.97. The Hall–Kier alpha value is -1.83. The minimum absolute atomic E-state index is 0.474. The van der Waals surface area contributed by atoms with Crippen molar-refractivity contribution in [2.24, 2.45) is 5.92 Å². The van der Waals surface area contributed by atoms with Gasteiger partial charge in [-0.3, -0.25) is 4.90 Å². The topological polar surface area (TPSA) is 45.5 Å². The Labute approximate surface area is 132 Å². The summed E-state index contributed by atoms with van der Waals surface area (Å²) in [6.07, 6.45) is 1.94. The van der Waals surface area contributed by atoms with E-state index in [1.54, 1.807) is 16.9 Å². The van der Waals surface area contributed by atoms with Crippen molar-refractivity contribution in [1.29, 1.82) is 0 Å². The predicted molar refractivity (Wildman–Crippen MR) is 81.3 cm³/mol. The zero-order valence-corrected chi connectivity index (χ0v) is 12.8. The largest absolute Gasteiger partial charge is 0.401 e. The van der Waals surface area contributed by atoms with E-state index >= 15 is 0 Å². The Morgan fingerprint density at radius 3 is 2.70 bits per heavy atom. The van der Waals surface area contributed by atoms with Crippen molar-refractivity contribution in [3.05, 3.63) is 24.5 Å². The molecule has 23 heavy (non-hydrogen) atoms. The number of halogens is 3. The van der Waals surface area contributed by atoms with Gasteiger partial charge >= 0.3 is 6.18 Å². The fraction of sp³-hybridized carbons (Fsp3) is 0.600. The molecular weight excluding hydrogens is 307 g/mol. The third-order valence-electron chi connectivity index (χ3n) is 4.26. The standard InChI is InChI=1S/C15H20F3N5/c16-15(17,18)11-22-9-4-12(5-10-22)1-6-19-13-2-7-20-14-3-8-21-23(13)14/h2-3,7-8,12,19H,1,4-6,9-11H2. The highest BCUT2D eigenvalue weighted by Gasteiger charge is 2.32. The first-order chi connectivity index (χ1) is 11.0. The SMILES string of the molecule is FC(F)(F)CN1CCC(CCNc2ccnc3ccnn23)CC1. The Balaban J connectivity index is 1.43. The molecule has 1 aliphatic rings. The van der Waals surface area contributed by atoms with Crippen LogP contribution in [0, 0.1) is 5.92 Å². The Morgan fingerprint density at radius 2 is 1.96 bits per heavy atom. The number of rotatable bonds is 5. The van der Waals surface area contributed by atoms with Gasteiger partial charge in [-0.2, -0.15) is 22.8 Å². The van der Waals surface area contributed by atoms with Crippen LogP contribution in [0.2, 0.25) is 0 Å². The minimum atomic E-state index is -4.09. The summed E-state index contributed by atoms with van der Waals surface area (Å²) in [5.41, 5.74) is 0.787. The molecule has 1 saturated heterocycles. The summed E-state index contributed by atoms with van der Waals surface area (Å²) in [4.78, 5) is 5.70. The van der Waals surface area contributed by atoms with Gasteiger partial charge in [0, 0.05) is 18.8 Å². The van der Waals surface area contributed by atoms with Gasteiger partial charge in [0.2, 0.25) is 0 Å². The highest BCUT2D eigenvalue weighted by molar-refractivity contribution is 5.46. The monoisotopic (exact) mass is 327 g/mol. The van der Waals surface area contributed by atoms with Crippen LogP contribution in [-0.2, 0) is 0 Å². The zero-order chi connectivity index (χ0) is 16.3. The molecule has 2 aromatic rings. The van der Waals surface area contributed by atoms with E-state index in [-0.39, 0.29) is 0 Å². The molecule has 126 valence electrons. The van der Waals surface area contributed by atoms with E-state index in [2.05, 4.69) is 15.4 Å². The lowest BCUT2D eigenvalue weighted by molar-refractivity contribution is -0.148. The lowest BCUT2D eigenvalue weighted by Gasteiger charge is -2.32. The van der Waals surface area contributed by atoms with Crippen LogP contribution in [0.1, 0.15) is 19.3 Å². The summed E-state index contributed by atoms with van der Waals surface area (Å²) < 4.78 is 38.8. The smallest absolute Gasteiger partial charge is 0.370 e. The van der Waals surface area contributed by atoms with Crippen LogP contribution >= 0.6 is 0 Å². The number of nitrogens with zero attached hydrogens (tertiary/aromatic N) is 4. The maximum Gasteiger partial charge on any atom is 0.401 e. The number of alkyl halides is 3. The molecule has 1 aliphatic heterocycles. The highest BCUT2D eigenvalue weighted by Crippen LogP contribution is 2.24. The van der Waals surface area contributed by atoms with E-state index in [9.17, 15) is 13.2 Å². The normalized spacial score (nSPS) is 17.7. The third-order valence-corrected chi connectivity index (χ3v) is 4.26. The number of aromatic nitrogens is 3. The van der Waals surface area contributed by atoms with E-state index in [0.29, 0.717) is 19.0 Å². The molecule has 3 rings (SSSR count). The molecule has 0 spiro atoms. The number of hydrogen-bond acceptors (Lipinski definition) is 4. The fourth-order valence-corrected chi connectivity index (χ4v) is 3.06. The number of fused-ring (bicyclic) bond motifs is 1. The Morgan fingerprint density at radius 1 is 1.17 bits per heavy atom. The van der Waals surface area contributed by atoms with Crippen LogP contribution in [0.15, 0.2) is 24.5 Å². The molecule has 0 unspecified atom stereocenters. The lowest BCUT2D eigenvalue weighted by atomic mass is 9.93. The van der Waals surface area contributed by atoms with Gasteiger partial charge in [-0.15, -0.1) is 0 Å². The summed E-state index contributed by atoms with van der Waals surface area (Å²) in [5, 5.41) is 7.54. The van der Waals surface area contributed by atoms with E-state index in [4.69, 9.17) is 0 Å². The van der Waals surface area contributed by atoms with Crippen LogP contribution in [0.3, 0.4) is 0 Å². The lowest BCUT2D eigenvalue weighted by Crippen LogP contribution is -2.40. The van der Waals surface area contributed by atoms with Crippen molar-refractivity contribution in [1.82, 2.24) is 19.5 Å². The number of anilines is 1. The van der Waals surface area contributed by atoms with E-state index in [0.717, 1.165) is 37.3 Å². The summed E-state index contributed by atoms with van der Waals surface area (Å²) in [6, 6.07) is 3.70. The number of hydrogen-bond donors (Lipinski definition) is 1. The van der Waals surface area contributed by atoms with Gasteiger partial charge < -0.3 is 5.32 Å². The van der Waals surface area contributed by atoms with Crippen molar-refractivity contribution in [2.75, 3.05) is 31.5 Å². The second-order valence-corrected chi connectivity index (χ2v) is 5.98. The summed E-state index contributed by atoms with van der Waals surface area (Å²) in [7, 11) is 0. The van der Waals surface area contributed by atoms with Crippen LogP contribution in [0.25, 0.3) is 5.65 Å². The van der Waals surface area contributed by atoms with Gasteiger partial charge in [0.15, 0.2) is 5.65 Å². The number of piperidine rings is 1. The second kappa shape index (κ2) is 6.74. The minimum Gasteiger partial charge on any atom is -0.370 e. The van der Waals surface area contributed by atoms with E-state index in [1.807, 2.05) is 12.1 Å². The molecular formula is C15H20F3N5. The fourth-order valence-electron chi connectivity index (χ4n) is 3.06. The molecule has 0 saturated carbocycles. The van der Waals surface area contributed by atoms with Crippen molar-refractivity contribution < 1.29 is 13.2 Å². The van der Waals surface area contributed by atoms with Crippen molar-refractivity contribution >= 4 is 11.5 Å². The molecule has 0 amide bonds. The van der Waals surface area contributed by atoms with Crippen LogP contribution < -0.4 is 5.32 Å². The van der Waals surface area contributed by atoms with Crippen molar-refractivity contribution in [3.8, 4) is 0 Å². The highest BCUT2D eigenvalue weighted by atomic mass is 19.4. The molecule has 1 fully saturated rings. The molecule has 5 nitrogen and oxygen atoms in total. The average molecular weight is 327 g/mol. The maximum atomic E-state index is 12.4. The van der Waals surface area contributed by atoms with Crippen LogP contribution in [0.4, 0.5) is 19.0 Å². The van der Waals surface area contributed by atoms with Gasteiger partial charge in [-0.1, -0.05) is 0 Å². The first kappa shape index (κ1) is 16.0. The first-order valence-corrected chi connectivity index (χ1v) is 7.83. The first-order valence-electron chi connectivity index (χ1n) is 7.83. The summed E-state index contributed by atoms with van der Waals surface area (Å²) in [6.45, 7) is 1.06. The number of nitrogens with one attached hydrogen (secondary N) is 1. The number of likely N-dealkylation sites (tertiary alicyclic amines) is 1. The van der Waals surface area contributed by atoms with Gasteiger partial charge in [0.25, 0.3) is 0 Å². The third kappa shape index (κ3) is 4.34. The molecule has 1 N–H and O–H groups in total. The van der Waals surface area contributed by atoms with Gasteiger partial charge in [0.1, 0.15) is 5.82 Å². The molecule has 0 aliphatic carbocycles. The quantitative estimate of drug-likeness (QED) is 0.917. The molecule has 2 aromatic heterocycles. The van der Waals surface area contributed by atoms with Gasteiger partial charge in [0.05, 0.1) is 12.7 Å². The van der Waals surface area contributed by atoms with E-state index < -0.39 is 12.7 Å². The zero-order valence-electron chi connectivity index (χ0n) is 12.8. The van der Waals surface area contributed by atoms with Crippen LogP contribution in [-0.4, -0.2) is 51.9 Å². The maximum absolute atomic E-state index is 12.4. The Kier molecular flexibility index (Phi) is 4.70. The molecule has 8 heteroatoms. The summed E-state index contributed by atoms with van der Waals surface area (Å²) >= 11 is 0. The molecule has 0 atom stereocenters. The molecule has 0 radical (unpaired) electrons. The molecule has 0 aromatic carbocycles.